The fourth-order valence-corrected chi connectivity index (χ4v) is 3.18. The van der Waals surface area contributed by atoms with Gasteiger partial charge in [0.05, 0.1) is 12.0 Å². The van der Waals surface area contributed by atoms with E-state index >= 15 is 0 Å². The Labute approximate surface area is 180 Å². The van der Waals surface area contributed by atoms with E-state index in [4.69, 9.17) is 14.1 Å². The van der Waals surface area contributed by atoms with Crippen LogP contribution in [0, 0.1) is 5.41 Å². The van der Waals surface area contributed by atoms with E-state index in [-0.39, 0.29) is 30.1 Å². The highest BCUT2D eigenvalue weighted by atomic mass is 16.7. The summed E-state index contributed by atoms with van der Waals surface area (Å²) in [5, 5.41) is 14.4. The zero-order valence-electron chi connectivity index (χ0n) is 17.7. The number of rotatable bonds is 7. The number of hydrogen-bond donors (Lipinski definition) is 1. The number of esters is 2. The molecular formula is C21H25BN2O7. The van der Waals surface area contributed by atoms with Crippen molar-refractivity contribution in [3.63, 3.8) is 0 Å². The minimum Gasteiger partial charge on any atom is -0.535 e. The first-order valence-electron chi connectivity index (χ1n) is 9.95. The minimum absolute atomic E-state index is 0.0870. The van der Waals surface area contributed by atoms with Crippen molar-refractivity contribution in [2.75, 3.05) is 6.79 Å². The quantitative estimate of drug-likeness (QED) is 0.405. The van der Waals surface area contributed by atoms with Gasteiger partial charge in [0.2, 0.25) is 6.79 Å². The number of fused-ring (bicyclic) bond motifs is 1. The number of carbonyl (C=O) groups is 3. The van der Waals surface area contributed by atoms with Gasteiger partial charge in [-0.05, 0) is 44.9 Å². The number of nitrogens with zero attached hydrogens (tertiary/aromatic N) is 2. The van der Waals surface area contributed by atoms with Gasteiger partial charge in [0.1, 0.15) is 11.3 Å². The molecule has 3 rings (SSSR count). The summed E-state index contributed by atoms with van der Waals surface area (Å²) in [5.74, 6) is -1.56. The van der Waals surface area contributed by atoms with Crippen LogP contribution in [0.4, 0.5) is 0 Å². The third kappa shape index (κ3) is 5.72. The van der Waals surface area contributed by atoms with Gasteiger partial charge in [0.25, 0.3) is 0 Å². The first-order valence-corrected chi connectivity index (χ1v) is 9.95. The highest BCUT2D eigenvalue weighted by Crippen LogP contribution is 2.36. The predicted octanol–water partition coefficient (Wildman–Crippen LogP) is 2.03. The largest absolute Gasteiger partial charge is 0.535 e. The van der Waals surface area contributed by atoms with E-state index < -0.39 is 37.1 Å². The highest BCUT2D eigenvalue weighted by molar-refractivity contribution is 6.47. The molecule has 1 aromatic heterocycles. The van der Waals surface area contributed by atoms with Crippen LogP contribution in [0.15, 0.2) is 36.7 Å². The zero-order valence-corrected chi connectivity index (χ0v) is 17.7. The van der Waals surface area contributed by atoms with E-state index in [1.165, 1.54) is 10.7 Å². The van der Waals surface area contributed by atoms with Gasteiger partial charge in [-0.1, -0.05) is 12.1 Å². The summed E-state index contributed by atoms with van der Waals surface area (Å²) in [4.78, 5) is 36.5. The SMILES string of the molecule is CC(C)(C)C(=O)OCOC(=O)c1cccc2c1OB(O)[C@@H](CC(=O)Cn1cccn1)C2. The van der Waals surface area contributed by atoms with Crippen LogP contribution in [0.3, 0.4) is 0 Å². The topological polar surface area (TPSA) is 117 Å². The lowest BCUT2D eigenvalue weighted by atomic mass is 9.64. The molecule has 164 valence electrons. The van der Waals surface area contributed by atoms with Gasteiger partial charge in [-0.2, -0.15) is 5.10 Å². The molecule has 2 heterocycles. The van der Waals surface area contributed by atoms with Crippen molar-refractivity contribution >= 4 is 24.8 Å². The molecule has 1 aromatic carbocycles. The molecule has 0 amide bonds. The Balaban J connectivity index is 1.62. The smallest absolute Gasteiger partial charge is 0.526 e. The number of aromatic nitrogens is 2. The first kappa shape index (κ1) is 22.5. The number of carbonyl (C=O) groups excluding carboxylic acids is 3. The summed E-state index contributed by atoms with van der Waals surface area (Å²) in [7, 11) is -1.25. The Morgan fingerprint density at radius 2 is 2.03 bits per heavy atom. The van der Waals surface area contributed by atoms with E-state index in [0.717, 1.165) is 0 Å². The summed E-state index contributed by atoms with van der Waals surface area (Å²) in [6.07, 6.45) is 3.75. The second-order valence-corrected chi connectivity index (χ2v) is 8.44. The molecule has 0 aliphatic carbocycles. The van der Waals surface area contributed by atoms with Crippen LogP contribution >= 0.6 is 0 Å². The van der Waals surface area contributed by atoms with E-state index in [0.29, 0.717) is 12.0 Å². The van der Waals surface area contributed by atoms with E-state index in [2.05, 4.69) is 5.10 Å². The van der Waals surface area contributed by atoms with Crippen molar-refractivity contribution in [2.45, 2.75) is 46.0 Å². The van der Waals surface area contributed by atoms with Gasteiger partial charge >= 0.3 is 19.1 Å². The van der Waals surface area contributed by atoms with Crippen molar-refractivity contribution in [1.82, 2.24) is 9.78 Å². The summed E-state index contributed by atoms with van der Waals surface area (Å²) in [6.45, 7) is 4.66. The molecule has 0 fully saturated rings. The maximum absolute atomic E-state index is 12.5. The average Bonchev–Trinajstić information content (AvgIpc) is 3.20. The molecule has 1 aliphatic heterocycles. The minimum atomic E-state index is -1.25. The lowest BCUT2D eigenvalue weighted by Gasteiger charge is -2.28. The summed E-state index contributed by atoms with van der Waals surface area (Å²) in [5.41, 5.74) is 0.0862. The molecule has 0 unspecified atom stereocenters. The molecule has 31 heavy (non-hydrogen) atoms. The van der Waals surface area contributed by atoms with E-state index in [1.807, 2.05) is 0 Å². The standard InChI is InChI=1S/C21H25BN2O7/c1-21(2,3)20(27)30-13-29-19(26)17-7-4-6-14-10-15(22(28)31-18(14)17)11-16(25)12-24-9-5-8-23-24/h4-9,15,28H,10-13H2,1-3H3/t15-/m1/s1. The molecule has 0 saturated carbocycles. The second kappa shape index (κ2) is 9.34. The Morgan fingerprint density at radius 1 is 1.26 bits per heavy atom. The van der Waals surface area contributed by atoms with Crippen molar-refractivity contribution in [3.8, 4) is 5.75 Å². The van der Waals surface area contributed by atoms with E-state index in [9.17, 15) is 19.4 Å². The van der Waals surface area contributed by atoms with E-state index in [1.54, 1.807) is 51.4 Å². The van der Waals surface area contributed by atoms with Gasteiger partial charge in [-0.25, -0.2) is 4.79 Å². The average molecular weight is 428 g/mol. The van der Waals surface area contributed by atoms with Gasteiger partial charge in [-0.15, -0.1) is 0 Å². The molecule has 10 heteroatoms. The Morgan fingerprint density at radius 3 is 2.71 bits per heavy atom. The Bertz CT molecular complexity index is 953. The third-order valence-corrected chi connectivity index (χ3v) is 4.82. The maximum atomic E-state index is 12.5. The number of hydrogen-bond acceptors (Lipinski definition) is 8. The molecular weight excluding hydrogens is 403 g/mol. The number of benzene rings is 1. The number of ketones is 1. The maximum Gasteiger partial charge on any atom is 0.526 e. The van der Waals surface area contributed by atoms with Crippen LogP contribution in [-0.2, 0) is 32.0 Å². The molecule has 0 bridgehead atoms. The molecule has 2 aromatic rings. The van der Waals surface area contributed by atoms with Crippen LogP contribution < -0.4 is 4.65 Å². The van der Waals surface area contributed by atoms with Gasteiger partial charge < -0.3 is 19.2 Å². The van der Waals surface area contributed by atoms with Gasteiger partial charge in [-0.3, -0.25) is 14.3 Å². The van der Waals surface area contributed by atoms with Crippen molar-refractivity contribution < 1.29 is 33.5 Å². The van der Waals surface area contributed by atoms with Gasteiger partial charge in [0.15, 0.2) is 5.78 Å². The summed E-state index contributed by atoms with van der Waals surface area (Å²) < 4.78 is 17.1. The first-order chi connectivity index (χ1) is 14.6. The van der Waals surface area contributed by atoms with Crippen molar-refractivity contribution in [3.05, 3.63) is 47.8 Å². The third-order valence-electron chi connectivity index (χ3n) is 4.82. The van der Waals surface area contributed by atoms with Crippen LogP contribution in [0.1, 0.15) is 43.1 Å². The van der Waals surface area contributed by atoms with Crippen molar-refractivity contribution in [1.29, 1.82) is 0 Å². The lowest BCUT2D eigenvalue weighted by molar-refractivity contribution is -0.161. The molecule has 0 saturated heterocycles. The Hall–Kier alpha value is -3.14. The highest BCUT2D eigenvalue weighted by Gasteiger charge is 2.38. The Kier molecular flexibility index (Phi) is 6.79. The number of Topliss-reactive ketones (excluding diaryl/α,β-unsaturated/α-hetero) is 1. The molecule has 0 spiro atoms. The summed E-state index contributed by atoms with van der Waals surface area (Å²) >= 11 is 0. The monoisotopic (exact) mass is 428 g/mol. The molecule has 1 atom stereocenters. The molecule has 1 N–H and O–H groups in total. The predicted molar refractivity (Wildman–Crippen MR) is 110 cm³/mol. The second-order valence-electron chi connectivity index (χ2n) is 8.44. The molecule has 0 radical (unpaired) electrons. The number of ether oxygens (including phenoxy) is 2. The van der Waals surface area contributed by atoms with Gasteiger partial charge in [0, 0.05) is 24.6 Å². The van der Waals surface area contributed by atoms with Crippen LogP contribution in [-0.4, -0.2) is 46.4 Å². The van der Waals surface area contributed by atoms with Crippen molar-refractivity contribution in [2.24, 2.45) is 5.41 Å². The zero-order chi connectivity index (χ0) is 22.6. The van der Waals surface area contributed by atoms with Crippen LogP contribution in [0.2, 0.25) is 5.82 Å². The molecule has 1 aliphatic rings. The fourth-order valence-electron chi connectivity index (χ4n) is 3.18. The number of para-hydroxylation sites is 1. The fraction of sp³-hybridized carbons (Fsp3) is 0.429. The summed E-state index contributed by atoms with van der Waals surface area (Å²) in [6, 6.07) is 6.66. The van der Waals surface area contributed by atoms with Crippen LogP contribution in [0.25, 0.3) is 0 Å². The van der Waals surface area contributed by atoms with Crippen LogP contribution in [0.5, 0.6) is 5.75 Å². The lowest BCUT2D eigenvalue weighted by Crippen LogP contribution is -2.36. The normalized spacial score (nSPS) is 15.6. The molecule has 9 nitrogen and oxygen atoms in total.